The van der Waals surface area contributed by atoms with Crippen molar-refractivity contribution in [3.8, 4) is 0 Å². The minimum atomic E-state index is -0.318. The van der Waals surface area contributed by atoms with Gasteiger partial charge in [0.1, 0.15) is 5.82 Å². The molecule has 1 aromatic carbocycles. The number of nitrogens with one attached hydrogen (secondary N) is 3. The SMILES string of the molecule is CNC(=O)Nc1cc2n(n1)CCN2c1cc(Br)cc(C(=O)NC(C)(C)C)c1. The molecule has 9 heteroatoms. The Hall–Kier alpha value is -2.55. The molecular weight excluding hydrogens is 412 g/mol. The third-order valence-electron chi connectivity index (χ3n) is 3.98. The molecule has 0 saturated heterocycles. The van der Waals surface area contributed by atoms with E-state index >= 15 is 0 Å². The van der Waals surface area contributed by atoms with Crippen molar-refractivity contribution in [1.82, 2.24) is 20.4 Å². The van der Waals surface area contributed by atoms with Gasteiger partial charge in [-0.05, 0) is 39.0 Å². The first kappa shape index (κ1) is 19.2. The summed E-state index contributed by atoms with van der Waals surface area (Å²) < 4.78 is 2.65. The van der Waals surface area contributed by atoms with Crippen LogP contribution in [0.5, 0.6) is 0 Å². The number of benzene rings is 1. The van der Waals surface area contributed by atoms with Crippen LogP contribution in [0.1, 0.15) is 31.1 Å². The van der Waals surface area contributed by atoms with Gasteiger partial charge in [-0.2, -0.15) is 5.10 Å². The molecule has 1 aromatic heterocycles. The van der Waals surface area contributed by atoms with Crippen molar-refractivity contribution in [3.05, 3.63) is 34.3 Å². The van der Waals surface area contributed by atoms with E-state index in [1.807, 2.05) is 43.7 Å². The Bertz CT molecular complexity index is 886. The van der Waals surface area contributed by atoms with Gasteiger partial charge in [0.05, 0.1) is 6.54 Å². The van der Waals surface area contributed by atoms with Crippen LogP contribution in [-0.4, -0.2) is 40.9 Å². The minimum absolute atomic E-state index is 0.125. The average molecular weight is 435 g/mol. The Morgan fingerprint density at radius 3 is 2.56 bits per heavy atom. The first-order valence-electron chi connectivity index (χ1n) is 8.63. The molecule has 1 aliphatic rings. The number of hydrogen-bond acceptors (Lipinski definition) is 4. The monoisotopic (exact) mass is 434 g/mol. The minimum Gasteiger partial charge on any atom is -0.347 e. The van der Waals surface area contributed by atoms with Crippen molar-refractivity contribution in [3.63, 3.8) is 0 Å². The highest BCUT2D eigenvalue weighted by Gasteiger charge is 2.25. The third-order valence-corrected chi connectivity index (χ3v) is 4.44. The maximum Gasteiger partial charge on any atom is 0.320 e. The zero-order chi connectivity index (χ0) is 19.8. The van der Waals surface area contributed by atoms with E-state index < -0.39 is 0 Å². The smallest absolute Gasteiger partial charge is 0.320 e. The van der Waals surface area contributed by atoms with Crippen molar-refractivity contribution in [2.24, 2.45) is 0 Å². The fourth-order valence-electron chi connectivity index (χ4n) is 2.87. The summed E-state index contributed by atoms with van der Waals surface area (Å²) in [5.41, 5.74) is 1.15. The third kappa shape index (κ3) is 4.41. The molecule has 27 heavy (non-hydrogen) atoms. The number of carbonyl (C=O) groups excluding carboxylic acids is 2. The first-order chi connectivity index (χ1) is 12.7. The second-order valence-corrected chi connectivity index (χ2v) is 8.28. The van der Waals surface area contributed by atoms with Gasteiger partial charge in [0.25, 0.3) is 5.91 Å². The van der Waals surface area contributed by atoms with Crippen LogP contribution in [-0.2, 0) is 6.54 Å². The van der Waals surface area contributed by atoms with Gasteiger partial charge in [0.2, 0.25) is 0 Å². The highest BCUT2D eigenvalue weighted by molar-refractivity contribution is 9.10. The second kappa shape index (κ2) is 7.22. The highest BCUT2D eigenvalue weighted by atomic mass is 79.9. The summed E-state index contributed by atoms with van der Waals surface area (Å²) in [7, 11) is 1.55. The van der Waals surface area contributed by atoms with Gasteiger partial charge in [-0.1, -0.05) is 15.9 Å². The molecule has 144 valence electrons. The van der Waals surface area contributed by atoms with E-state index in [0.717, 1.165) is 22.5 Å². The largest absolute Gasteiger partial charge is 0.347 e. The van der Waals surface area contributed by atoms with E-state index in [0.29, 0.717) is 17.9 Å². The van der Waals surface area contributed by atoms with E-state index in [2.05, 4.69) is 41.9 Å². The molecule has 0 bridgehead atoms. The van der Waals surface area contributed by atoms with Crippen LogP contribution >= 0.6 is 15.9 Å². The van der Waals surface area contributed by atoms with Crippen LogP contribution in [0, 0.1) is 0 Å². The number of hydrogen-bond donors (Lipinski definition) is 3. The van der Waals surface area contributed by atoms with Gasteiger partial charge >= 0.3 is 6.03 Å². The number of amides is 3. The Morgan fingerprint density at radius 1 is 1.15 bits per heavy atom. The lowest BCUT2D eigenvalue weighted by Gasteiger charge is -2.22. The van der Waals surface area contributed by atoms with Crippen LogP contribution in [0.2, 0.25) is 0 Å². The Balaban J connectivity index is 1.88. The first-order valence-corrected chi connectivity index (χ1v) is 9.43. The van der Waals surface area contributed by atoms with Gasteiger partial charge in [-0.25, -0.2) is 9.48 Å². The summed E-state index contributed by atoms with van der Waals surface area (Å²) in [5, 5.41) is 12.6. The number of aromatic nitrogens is 2. The zero-order valence-corrected chi connectivity index (χ0v) is 17.3. The zero-order valence-electron chi connectivity index (χ0n) is 15.8. The molecule has 2 aromatic rings. The predicted molar refractivity (Wildman–Crippen MR) is 109 cm³/mol. The molecule has 0 fully saturated rings. The van der Waals surface area contributed by atoms with Crippen LogP contribution in [0.25, 0.3) is 0 Å². The molecule has 1 aliphatic heterocycles. The van der Waals surface area contributed by atoms with Crippen LogP contribution in [0.15, 0.2) is 28.7 Å². The quantitative estimate of drug-likeness (QED) is 0.691. The normalized spacial score (nSPS) is 13.3. The van der Waals surface area contributed by atoms with Crippen LogP contribution < -0.4 is 20.9 Å². The van der Waals surface area contributed by atoms with Crippen molar-refractivity contribution >= 4 is 45.2 Å². The van der Waals surface area contributed by atoms with Gasteiger partial charge in [-0.3, -0.25) is 10.1 Å². The number of fused-ring (bicyclic) bond motifs is 1. The topological polar surface area (TPSA) is 91.3 Å². The van der Waals surface area contributed by atoms with Gasteiger partial charge in [0.15, 0.2) is 5.82 Å². The molecule has 0 saturated carbocycles. The summed E-state index contributed by atoms with van der Waals surface area (Å²) in [6, 6.07) is 7.12. The van der Waals surface area contributed by atoms with Crippen molar-refractivity contribution in [2.75, 3.05) is 23.8 Å². The molecule has 0 aliphatic carbocycles. The maximum atomic E-state index is 12.6. The predicted octanol–water partition coefficient (Wildman–Crippen LogP) is 3.08. The number of halogens is 1. The molecule has 8 nitrogen and oxygen atoms in total. The summed E-state index contributed by atoms with van der Waals surface area (Å²) in [5.74, 6) is 1.22. The molecule has 0 unspecified atom stereocenters. The summed E-state index contributed by atoms with van der Waals surface area (Å²) in [6.45, 7) is 7.28. The molecule has 3 N–H and O–H groups in total. The number of rotatable bonds is 3. The Kier molecular flexibility index (Phi) is 5.14. The highest BCUT2D eigenvalue weighted by Crippen LogP contribution is 2.34. The molecule has 3 rings (SSSR count). The van der Waals surface area contributed by atoms with E-state index in [1.54, 1.807) is 13.1 Å². The molecule has 0 atom stereocenters. The molecule has 3 amide bonds. The summed E-state index contributed by atoms with van der Waals surface area (Å²) in [4.78, 5) is 26.1. The van der Waals surface area contributed by atoms with Crippen molar-refractivity contribution in [2.45, 2.75) is 32.9 Å². The second-order valence-electron chi connectivity index (χ2n) is 7.37. The number of carbonyl (C=O) groups is 2. The molecule has 0 radical (unpaired) electrons. The van der Waals surface area contributed by atoms with Gasteiger partial charge in [-0.15, -0.1) is 0 Å². The van der Waals surface area contributed by atoms with E-state index in [9.17, 15) is 9.59 Å². The molecule has 0 spiro atoms. The van der Waals surface area contributed by atoms with Crippen LogP contribution in [0.3, 0.4) is 0 Å². The van der Waals surface area contributed by atoms with Gasteiger partial charge in [0, 0.05) is 40.9 Å². The fourth-order valence-corrected chi connectivity index (χ4v) is 3.35. The lowest BCUT2D eigenvalue weighted by atomic mass is 10.1. The van der Waals surface area contributed by atoms with E-state index in [4.69, 9.17) is 0 Å². The lowest BCUT2D eigenvalue weighted by Crippen LogP contribution is -2.40. The Morgan fingerprint density at radius 2 is 1.89 bits per heavy atom. The van der Waals surface area contributed by atoms with E-state index in [1.165, 1.54) is 0 Å². The standard InChI is InChI=1S/C18H23BrN6O2/c1-18(2,3)22-16(26)11-7-12(19)9-13(8-11)24-5-6-25-15(24)10-14(23-25)21-17(27)20-4/h7-10H,5-6H2,1-4H3,(H,22,26)(H2,20,21,23,27). The number of nitrogens with zero attached hydrogens (tertiary/aromatic N) is 3. The fraction of sp³-hybridized carbons (Fsp3) is 0.389. The van der Waals surface area contributed by atoms with Crippen molar-refractivity contribution in [1.29, 1.82) is 0 Å². The number of urea groups is 1. The molecule has 2 heterocycles. The molecular formula is C18H23BrN6O2. The summed E-state index contributed by atoms with van der Waals surface area (Å²) in [6.07, 6.45) is 0. The summed E-state index contributed by atoms with van der Waals surface area (Å²) >= 11 is 3.50. The van der Waals surface area contributed by atoms with Crippen LogP contribution in [0.4, 0.5) is 22.1 Å². The van der Waals surface area contributed by atoms with Gasteiger partial charge < -0.3 is 15.5 Å². The average Bonchev–Trinajstić information content (AvgIpc) is 3.12. The Labute approximate surface area is 166 Å². The van der Waals surface area contributed by atoms with E-state index in [-0.39, 0.29) is 17.5 Å². The maximum absolute atomic E-state index is 12.6. The number of anilines is 3. The van der Waals surface area contributed by atoms with Crippen molar-refractivity contribution < 1.29 is 9.59 Å². The lowest BCUT2D eigenvalue weighted by molar-refractivity contribution is 0.0919.